The zero-order chi connectivity index (χ0) is 23.4. The number of rotatable bonds is 9. The molecule has 4 rings (SSSR count). The average molecular weight is 453 g/mol. The smallest absolute Gasteiger partial charge is 0.225 e. The van der Waals surface area contributed by atoms with Crippen molar-refractivity contribution in [1.82, 2.24) is 9.88 Å². The van der Waals surface area contributed by atoms with Gasteiger partial charge in [-0.1, -0.05) is 24.3 Å². The second-order valence-electron chi connectivity index (χ2n) is 9.13. The summed E-state index contributed by atoms with van der Waals surface area (Å²) >= 11 is 0. The van der Waals surface area contributed by atoms with Crippen LogP contribution < -0.4 is 10.6 Å². The molecule has 2 N–H and O–H groups in total. The second kappa shape index (κ2) is 10.5. The minimum Gasteiger partial charge on any atom is -0.396 e. The van der Waals surface area contributed by atoms with Crippen molar-refractivity contribution >= 4 is 17.4 Å². The molecule has 0 unspecified atom stereocenters. The van der Waals surface area contributed by atoms with E-state index in [2.05, 4.69) is 42.2 Å². The minimum atomic E-state index is 0.100. The van der Waals surface area contributed by atoms with Crippen LogP contribution in [0.4, 0.5) is 11.5 Å². The van der Waals surface area contributed by atoms with Crippen LogP contribution in [0, 0.1) is 0 Å². The third kappa shape index (κ3) is 5.31. The highest BCUT2D eigenvalue weighted by Gasteiger charge is 2.33. The van der Waals surface area contributed by atoms with Gasteiger partial charge < -0.3 is 25.0 Å². The number of carbonyl (C=O) groups is 1. The molecule has 7 heteroatoms. The monoisotopic (exact) mass is 452 g/mol. The van der Waals surface area contributed by atoms with Crippen molar-refractivity contribution in [3.63, 3.8) is 0 Å². The van der Waals surface area contributed by atoms with E-state index in [4.69, 9.17) is 20.2 Å². The number of nitrogen functional groups attached to an aromatic ring is 1. The van der Waals surface area contributed by atoms with Gasteiger partial charge >= 0.3 is 0 Å². The van der Waals surface area contributed by atoms with Gasteiger partial charge in [-0.25, -0.2) is 4.98 Å². The maximum atomic E-state index is 12.5. The lowest BCUT2D eigenvalue weighted by Crippen LogP contribution is -2.54. The molecular weight excluding hydrogens is 416 g/mol. The predicted molar refractivity (Wildman–Crippen MR) is 132 cm³/mol. The van der Waals surface area contributed by atoms with Crippen LogP contribution in [0.5, 0.6) is 0 Å². The average Bonchev–Trinajstić information content (AvgIpc) is 3.66. The number of hydrogen-bond acceptors (Lipinski definition) is 6. The number of anilines is 2. The summed E-state index contributed by atoms with van der Waals surface area (Å²) in [5.74, 6) is 1.49. The van der Waals surface area contributed by atoms with Gasteiger partial charge in [0.1, 0.15) is 0 Å². The van der Waals surface area contributed by atoms with Crippen LogP contribution in [-0.4, -0.2) is 68.9 Å². The van der Waals surface area contributed by atoms with Crippen molar-refractivity contribution in [1.29, 1.82) is 0 Å². The number of ether oxygens (including phenoxy) is 2. The first-order valence-corrected chi connectivity index (χ1v) is 11.9. The highest BCUT2D eigenvalue weighted by Crippen LogP contribution is 2.46. The fourth-order valence-electron chi connectivity index (χ4n) is 4.74. The number of methoxy groups -OCH3 is 2. The van der Waals surface area contributed by atoms with Crippen LogP contribution in [0.15, 0.2) is 30.3 Å². The molecule has 2 aliphatic rings. The first-order chi connectivity index (χ1) is 16.0. The summed E-state index contributed by atoms with van der Waals surface area (Å²) in [6, 6.07) is 10.7. The molecule has 1 saturated heterocycles. The van der Waals surface area contributed by atoms with Crippen LogP contribution in [0.3, 0.4) is 0 Å². The minimum absolute atomic E-state index is 0.100. The Labute approximate surface area is 196 Å². The summed E-state index contributed by atoms with van der Waals surface area (Å²) in [6.07, 6.45) is 3.61. The maximum absolute atomic E-state index is 12.5. The predicted octanol–water partition coefficient (Wildman–Crippen LogP) is 3.47. The Balaban J connectivity index is 1.60. The normalized spacial score (nSPS) is 18.6. The molecule has 0 bridgehead atoms. The van der Waals surface area contributed by atoms with Crippen LogP contribution in [0.1, 0.15) is 43.4 Å². The summed E-state index contributed by atoms with van der Waals surface area (Å²) in [5, 5.41) is 0. The SMILES string of the molecule is COCCC(=O)N1CCN(c2nc(C3CC3)c(-c3ccccc3CCOC)cc2N)C[C@H]1C. The molecule has 1 aromatic carbocycles. The van der Waals surface area contributed by atoms with Crippen molar-refractivity contribution < 1.29 is 14.3 Å². The molecule has 178 valence electrons. The summed E-state index contributed by atoms with van der Waals surface area (Å²) in [6.45, 7) is 5.36. The van der Waals surface area contributed by atoms with Crippen LogP contribution in [0.2, 0.25) is 0 Å². The third-order valence-corrected chi connectivity index (χ3v) is 6.67. The lowest BCUT2D eigenvalue weighted by Gasteiger charge is -2.41. The number of pyridine rings is 1. The molecule has 1 atom stereocenters. The van der Waals surface area contributed by atoms with Gasteiger partial charge in [0.15, 0.2) is 5.82 Å². The van der Waals surface area contributed by atoms with Gasteiger partial charge in [-0.15, -0.1) is 0 Å². The van der Waals surface area contributed by atoms with E-state index in [-0.39, 0.29) is 11.9 Å². The van der Waals surface area contributed by atoms with Crippen LogP contribution in [0.25, 0.3) is 11.1 Å². The highest BCUT2D eigenvalue weighted by atomic mass is 16.5. The first kappa shape index (κ1) is 23.5. The van der Waals surface area contributed by atoms with E-state index in [0.717, 1.165) is 36.6 Å². The zero-order valence-electron chi connectivity index (χ0n) is 20.0. The Morgan fingerprint density at radius 2 is 1.88 bits per heavy atom. The summed E-state index contributed by atoms with van der Waals surface area (Å²) in [5.41, 5.74) is 12.1. The van der Waals surface area contributed by atoms with E-state index in [1.807, 2.05) is 4.90 Å². The molecule has 1 saturated carbocycles. The lowest BCUT2D eigenvalue weighted by atomic mass is 9.94. The maximum Gasteiger partial charge on any atom is 0.225 e. The molecule has 2 fully saturated rings. The summed E-state index contributed by atoms with van der Waals surface area (Å²) < 4.78 is 10.4. The number of aromatic nitrogens is 1. The molecule has 0 radical (unpaired) electrons. The van der Waals surface area contributed by atoms with Crippen molar-refractivity contribution in [2.24, 2.45) is 0 Å². The molecule has 2 heterocycles. The Morgan fingerprint density at radius 3 is 2.58 bits per heavy atom. The standard InChI is InChI=1S/C26H36N4O3/c1-18-17-29(12-13-30(18)24(31)11-15-33-3)26-23(27)16-22(25(28-26)20-8-9-20)21-7-5-4-6-19(21)10-14-32-2/h4-7,16,18,20H,8-15,17,27H2,1-3H3/t18-/m1/s1. The Morgan fingerprint density at radius 1 is 1.12 bits per heavy atom. The van der Waals surface area contributed by atoms with Gasteiger partial charge in [0.05, 0.1) is 31.0 Å². The molecule has 1 aliphatic carbocycles. The number of benzene rings is 1. The summed E-state index contributed by atoms with van der Waals surface area (Å²) in [4.78, 5) is 21.9. The fourth-order valence-corrected chi connectivity index (χ4v) is 4.74. The molecule has 33 heavy (non-hydrogen) atoms. The number of piperazine rings is 1. The van der Waals surface area contributed by atoms with Crippen molar-refractivity contribution in [2.45, 2.75) is 44.6 Å². The molecule has 2 aromatic rings. The van der Waals surface area contributed by atoms with Crippen molar-refractivity contribution in [3.05, 3.63) is 41.6 Å². The fraction of sp³-hybridized carbons (Fsp3) is 0.538. The van der Waals surface area contributed by atoms with E-state index in [1.54, 1.807) is 14.2 Å². The van der Waals surface area contributed by atoms with Crippen LogP contribution in [-0.2, 0) is 20.7 Å². The molecule has 1 amide bonds. The number of carbonyl (C=O) groups excluding carboxylic acids is 1. The Bertz CT molecular complexity index is 976. The molecule has 1 aliphatic heterocycles. The molecule has 0 spiro atoms. The van der Waals surface area contributed by atoms with Gasteiger partial charge in [0.25, 0.3) is 0 Å². The number of amides is 1. The van der Waals surface area contributed by atoms with Gasteiger partial charge in [0.2, 0.25) is 5.91 Å². The largest absolute Gasteiger partial charge is 0.396 e. The number of hydrogen-bond donors (Lipinski definition) is 1. The Kier molecular flexibility index (Phi) is 7.50. The Hall–Kier alpha value is -2.64. The van der Waals surface area contributed by atoms with E-state index in [9.17, 15) is 4.79 Å². The molecule has 1 aromatic heterocycles. The molecular formula is C26H36N4O3. The van der Waals surface area contributed by atoms with Crippen molar-refractivity contribution in [3.8, 4) is 11.1 Å². The number of nitrogens with zero attached hydrogens (tertiary/aromatic N) is 3. The van der Waals surface area contributed by atoms with Gasteiger partial charge in [-0.2, -0.15) is 0 Å². The van der Waals surface area contributed by atoms with Crippen molar-refractivity contribution in [2.75, 3.05) is 57.7 Å². The van der Waals surface area contributed by atoms with Crippen LogP contribution >= 0.6 is 0 Å². The third-order valence-electron chi connectivity index (χ3n) is 6.67. The van der Waals surface area contributed by atoms with Gasteiger partial charge in [-0.05, 0) is 43.4 Å². The van der Waals surface area contributed by atoms with E-state index >= 15 is 0 Å². The number of nitrogens with two attached hydrogens (primary N) is 1. The van der Waals surface area contributed by atoms with E-state index in [0.29, 0.717) is 37.8 Å². The highest BCUT2D eigenvalue weighted by molar-refractivity contribution is 5.79. The van der Waals surface area contributed by atoms with Gasteiger partial charge in [-0.3, -0.25) is 4.79 Å². The molecule has 7 nitrogen and oxygen atoms in total. The van der Waals surface area contributed by atoms with E-state index in [1.165, 1.54) is 24.0 Å². The topological polar surface area (TPSA) is 80.9 Å². The zero-order valence-corrected chi connectivity index (χ0v) is 20.0. The van der Waals surface area contributed by atoms with Gasteiger partial charge in [0, 0.05) is 51.4 Å². The second-order valence-corrected chi connectivity index (χ2v) is 9.13. The quantitative estimate of drug-likeness (QED) is 0.628. The summed E-state index contributed by atoms with van der Waals surface area (Å²) in [7, 11) is 3.36. The first-order valence-electron chi connectivity index (χ1n) is 11.9. The lowest BCUT2D eigenvalue weighted by molar-refractivity contribution is -0.134. The van der Waals surface area contributed by atoms with E-state index < -0.39 is 0 Å².